The quantitative estimate of drug-likeness (QED) is 0.835. The zero-order valence-electron chi connectivity index (χ0n) is 14.4. The highest BCUT2D eigenvalue weighted by Gasteiger charge is 2.17. The number of hydrogen-bond donors (Lipinski definition) is 1. The van der Waals surface area contributed by atoms with E-state index in [1.807, 2.05) is 26.0 Å². The Morgan fingerprint density at radius 2 is 1.62 bits per heavy atom. The number of hydrogen-bond acceptors (Lipinski definition) is 3. The Kier molecular flexibility index (Phi) is 6.24. The summed E-state index contributed by atoms with van der Waals surface area (Å²) in [5.74, 6) is 0.905. The maximum absolute atomic E-state index is 9.86. The fraction of sp³-hybridized carbons (Fsp3) is 0.667. The highest BCUT2D eigenvalue weighted by Crippen LogP contribution is 2.24. The predicted octanol–water partition coefficient (Wildman–Crippen LogP) is 3.46. The Hall–Kier alpha value is -1.06. The van der Waals surface area contributed by atoms with Gasteiger partial charge in [0.1, 0.15) is 12.4 Å². The lowest BCUT2D eigenvalue weighted by Gasteiger charge is -2.27. The first-order chi connectivity index (χ1) is 9.62. The average Bonchev–Trinajstić information content (AvgIpc) is 2.35. The lowest BCUT2D eigenvalue weighted by Crippen LogP contribution is -2.40. The van der Waals surface area contributed by atoms with Crippen molar-refractivity contribution in [1.82, 2.24) is 4.90 Å². The minimum absolute atomic E-state index is 0.171. The number of ether oxygens (including phenoxy) is 1. The summed E-state index contributed by atoms with van der Waals surface area (Å²) in [6.45, 7) is 15.4. The molecule has 21 heavy (non-hydrogen) atoms. The van der Waals surface area contributed by atoms with Crippen LogP contribution in [0.2, 0.25) is 0 Å². The van der Waals surface area contributed by atoms with Crippen molar-refractivity contribution in [2.45, 2.75) is 52.6 Å². The summed E-state index contributed by atoms with van der Waals surface area (Å²) >= 11 is 0. The summed E-state index contributed by atoms with van der Waals surface area (Å²) in [6.07, 6.45) is 0. The van der Waals surface area contributed by atoms with Gasteiger partial charge in [-0.2, -0.15) is 0 Å². The highest BCUT2D eigenvalue weighted by atomic mass is 16.5. The van der Waals surface area contributed by atoms with Gasteiger partial charge < -0.3 is 9.84 Å². The van der Waals surface area contributed by atoms with Crippen LogP contribution in [0.5, 0.6) is 5.75 Å². The first-order valence-corrected chi connectivity index (χ1v) is 7.80. The second-order valence-electron chi connectivity index (χ2n) is 7.30. The first kappa shape index (κ1) is 18.0. The third-order valence-corrected chi connectivity index (χ3v) is 3.45. The Balaban J connectivity index is 2.45. The largest absolute Gasteiger partial charge is 0.492 e. The standard InChI is InChI=1S/C18H31NO2/c1-7-19(14-18(5,6)20)12-13-21-16-10-8-15(9-11-16)17(2,3)4/h8-11,20H,7,12-14H2,1-6H3. The predicted molar refractivity (Wildman–Crippen MR) is 89.0 cm³/mol. The van der Waals surface area contributed by atoms with Gasteiger partial charge in [0.25, 0.3) is 0 Å². The van der Waals surface area contributed by atoms with E-state index in [2.05, 4.69) is 44.7 Å². The molecule has 0 bridgehead atoms. The molecule has 3 nitrogen and oxygen atoms in total. The normalized spacial score (nSPS) is 12.8. The smallest absolute Gasteiger partial charge is 0.119 e. The minimum atomic E-state index is -0.662. The van der Waals surface area contributed by atoms with Crippen molar-refractivity contribution >= 4 is 0 Å². The maximum Gasteiger partial charge on any atom is 0.119 e. The summed E-state index contributed by atoms with van der Waals surface area (Å²) < 4.78 is 5.80. The minimum Gasteiger partial charge on any atom is -0.492 e. The summed E-state index contributed by atoms with van der Waals surface area (Å²) in [5, 5.41) is 9.86. The maximum atomic E-state index is 9.86. The van der Waals surface area contributed by atoms with Crippen molar-refractivity contribution in [2.24, 2.45) is 0 Å². The third kappa shape index (κ3) is 6.96. The van der Waals surface area contributed by atoms with E-state index in [-0.39, 0.29) is 5.41 Å². The Morgan fingerprint density at radius 3 is 2.05 bits per heavy atom. The molecule has 0 aliphatic rings. The van der Waals surface area contributed by atoms with Crippen molar-refractivity contribution < 1.29 is 9.84 Å². The average molecular weight is 293 g/mol. The van der Waals surface area contributed by atoms with Crippen molar-refractivity contribution in [3.8, 4) is 5.75 Å². The van der Waals surface area contributed by atoms with E-state index >= 15 is 0 Å². The summed E-state index contributed by atoms with van der Waals surface area (Å²) in [4.78, 5) is 2.20. The third-order valence-electron chi connectivity index (χ3n) is 3.45. The van der Waals surface area contributed by atoms with Crippen LogP contribution < -0.4 is 4.74 Å². The molecular formula is C18H31NO2. The molecule has 1 aromatic carbocycles. The molecule has 0 saturated heterocycles. The van der Waals surface area contributed by atoms with Crippen molar-refractivity contribution in [1.29, 1.82) is 0 Å². The van der Waals surface area contributed by atoms with E-state index in [1.54, 1.807) is 0 Å². The molecule has 0 aliphatic carbocycles. The van der Waals surface area contributed by atoms with E-state index in [0.29, 0.717) is 13.2 Å². The van der Waals surface area contributed by atoms with E-state index in [4.69, 9.17) is 4.74 Å². The second kappa shape index (κ2) is 7.28. The molecule has 120 valence electrons. The SMILES string of the molecule is CCN(CCOc1ccc(C(C)(C)C)cc1)CC(C)(C)O. The Bertz CT molecular complexity index is 412. The number of rotatable bonds is 7. The van der Waals surface area contributed by atoms with Gasteiger partial charge in [-0.15, -0.1) is 0 Å². The fourth-order valence-electron chi connectivity index (χ4n) is 2.24. The van der Waals surface area contributed by atoms with E-state index < -0.39 is 5.60 Å². The number of benzene rings is 1. The molecule has 0 aliphatic heterocycles. The molecule has 0 unspecified atom stereocenters. The molecule has 0 atom stereocenters. The monoisotopic (exact) mass is 293 g/mol. The molecule has 0 radical (unpaired) electrons. The van der Waals surface area contributed by atoms with Crippen molar-refractivity contribution in [3.63, 3.8) is 0 Å². The van der Waals surface area contributed by atoms with Crippen LogP contribution in [0.3, 0.4) is 0 Å². The van der Waals surface area contributed by atoms with Gasteiger partial charge in [-0.05, 0) is 43.5 Å². The molecule has 3 heteroatoms. The molecule has 0 aromatic heterocycles. The molecule has 0 heterocycles. The van der Waals surface area contributed by atoms with Crippen LogP contribution in [0.15, 0.2) is 24.3 Å². The summed E-state index contributed by atoms with van der Waals surface area (Å²) in [6, 6.07) is 8.33. The van der Waals surface area contributed by atoms with Crippen LogP contribution >= 0.6 is 0 Å². The van der Waals surface area contributed by atoms with Crippen molar-refractivity contribution in [2.75, 3.05) is 26.2 Å². The molecular weight excluding hydrogens is 262 g/mol. The van der Waals surface area contributed by atoms with Gasteiger partial charge in [0, 0.05) is 13.1 Å². The van der Waals surface area contributed by atoms with Crippen LogP contribution in [0, 0.1) is 0 Å². The van der Waals surface area contributed by atoms with Gasteiger partial charge in [0.05, 0.1) is 5.60 Å². The lowest BCUT2D eigenvalue weighted by atomic mass is 9.87. The van der Waals surface area contributed by atoms with Crippen molar-refractivity contribution in [3.05, 3.63) is 29.8 Å². The van der Waals surface area contributed by atoms with Gasteiger partial charge in [-0.3, -0.25) is 4.90 Å². The van der Waals surface area contributed by atoms with Crippen LogP contribution in [0.25, 0.3) is 0 Å². The topological polar surface area (TPSA) is 32.7 Å². The molecule has 0 fully saturated rings. The van der Waals surface area contributed by atoms with E-state index in [1.165, 1.54) is 5.56 Å². The van der Waals surface area contributed by atoms with Crippen LogP contribution in [-0.4, -0.2) is 41.8 Å². The molecule has 0 spiro atoms. The Labute approximate surface area is 129 Å². The summed E-state index contributed by atoms with van der Waals surface area (Å²) in [7, 11) is 0. The fourth-order valence-corrected chi connectivity index (χ4v) is 2.24. The zero-order valence-corrected chi connectivity index (χ0v) is 14.4. The van der Waals surface area contributed by atoms with Crippen LogP contribution in [0.4, 0.5) is 0 Å². The van der Waals surface area contributed by atoms with Gasteiger partial charge >= 0.3 is 0 Å². The van der Waals surface area contributed by atoms with Gasteiger partial charge in [-0.25, -0.2) is 0 Å². The zero-order chi connectivity index (χ0) is 16.1. The second-order valence-corrected chi connectivity index (χ2v) is 7.30. The lowest BCUT2D eigenvalue weighted by molar-refractivity contribution is 0.0340. The van der Waals surface area contributed by atoms with Gasteiger partial charge in [-0.1, -0.05) is 39.8 Å². The summed E-state index contributed by atoms with van der Waals surface area (Å²) in [5.41, 5.74) is 0.821. The Morgan fingerprint density at radius 1 is 1.05 bits per heavy atom. The van der Waals surface area contributed by atoms with E-state index in [9.17, 15) is 5.11 Å². The highest BCUT2D eigenvalue weighted by molar-refractivity contribution is 5.31. The first-order valence-electron chi connectivity index (χ1n) is 7.80. The number of aliphatic hydroxyl groups is 1. The van der Waals surface area contributed by atoms with Gasteiger partial charge in [0.15, 0.2) is 0 Å². The van der Waals surface area contributed by atoms with Crippen LogP contribution in [-0.2, 0) is 5.41 Å². The van der Waals surface area contributed by atoms with E-state index in [0.717, 1.165) is 18.8 Å². The van der Waals surface area contributed by atoms with Gasteiger partial charge in [0.2, 0.25) is 0 Å². The number of nitrogens with zero attached hydrogens (tertiary/aromatic N) is 1. The number of likely N-dealkylation sites (N-methyl/N-ethyl adjacent to an activating group) is 1. The molecule has 1 rings (SSSR count). The molecule has 0 amide bonds. The molecule has 1 aromatic rings. The molecule has 1 N–H and O–H groups in total. The van der Waals surface area contributed by atoms with Crippen LogP contribution in [0.1, 0.15) is 47.1 Å². The molecule has 0 saturated carbocycles.